The molecule has 0 spiro atoms. The largest absolute Gasteiger partial charge is 0.618 e. The van der Waals surface area contributed by atoms with Crippen molar-refractivity contribution in [2.45, 2.75) is 19.5 Å². The molecule has 0 fully saturated rings. The van der Waals surface area contributed by atoms with Crippen LogP contribution in [0.4, 0.5) is 13.2 Å². The maximum Gasteiger partial charge on any atom is 0.478 e. The molecule has 7 nitrogen and oxygen atoms in total. The van der Waals surface area contributed by atoms with Crippen molar-refractivity contribution in [3.63, 3.8) is 0 Å². The van der Waals surface area contributed by atoms with Gasteiger partial charge in [0, 0.05) is 17.4 Å². The van der Waals surface area contributed by atoms with Crippen molar-refractivity contribution in [2.75, 3.05) is 6.61 Å². The molecule has 23 heavy (non-hydrogen) atoms. The molecule has 124 valence electrons. The molecule has 2 aromatic rings. The van der Waals surface area contributed by atoms with Crippen LogP contribution in [0.3, 0.4) is 0 Å². The number of rotatable bonds is 5. The van der Waals surface area contributed by atoms with Crippen molar-refractivity contribution in [3.8, 4) is 10.6 Å². The van der Waals surface area contributed by atoms with Crippen LogP contribution in [0.15, 0.2) is 18.3 Å². The molecule has 2 rings (SSSR count). The minimum Gasteiger partial charge on any atom is -0.618 e. The van der Waals surface area contributed by atoms with Crippen molar-refractivity contribution >= 4 is 11.3 Å². The highest BCUT2D eigenvalue weighted by Crippen LogP contribution is 2.30. The molecule has 11 heteroatoms. The van der Waals surface area contributed by atoms with Gasteiger partial charge in [-0.25, -0.2) is 4.98 Å². The van der Waals surface area contributed by atoms with Gasteiger partial charge in [0.15, 0.2) is 6.20 Å². The third kappa shape index (κ3) is 4.06. The van der Waals surface area contributed by atoms with Gasteiger partial charge in [-0.3, -0.25) is 0 Å². The Hall–Kier alpha value is -2.43. The van der Waals surface area contributed by atoms with Crippen LogP contribution in [0.5, 0.6) is 0 Å². The van der Waals surface area contributed by atoms with Crippen LogP contribution in [0.1, 0.15) is 16.3 Å². The Labute approximate surface area is 131 Å². The summed E-state index contributed by atoms with van der Waals surface area (Å²) in [4.78, 5) is 19.2. The number of thiazole rings is 1. The number of hydrogen-bond donors (Lipinski definition) is 0. The summed E-state index contributed by atoms with van der Waals surface area (Å²) < 4.78 is 37.4. The molecule has 0 aliphatic rings. The van der Waals surface area contributed by atoms with Crippen LogP contribution in [0.25, 0.3) is 10.6 Å². The van der Waals surface area contributed by atoms with Gasteiger partial charge >= 0.3 is 6.18 Å². The number of pyridine rings is 1. The molecule has 0 aliphatic carbocycles. The highest BCUT2D eigenvalue weighted by Gasteiger charge is 2.39. The zero-order valence-corrected chi connectivity index (χ0v) is 12.5. The van der Waals surface area contributed by atoms with E-state index in [0.29, 0.717) is 21.6 Å². The first-order valence-electron chi connectivity index (χ1n) is 6.23. The van der Waals surface area contributed by atoms with E-state index in [2.05, 4.69) is 9.82 Å². The van der Waals surface area contributed by atoms with E-state index in [1.54, 1.807) is 6.92 Å². The van der Waals surface area contributed by atoms with Gasteiger partial charge in [-0.15, -0.1) is 21.5 Å². The van der Waals surface area contributed by atoms with Gasteiger partial charge < -0.3 is 10.0 Å². The van der Waals surface area contributed by atoms with Crippen LogP contribution < -0.4 is 4.73 Å². The summed E-state index contributed by atoms with van der Waals surface area (Å²) in [5.74, 6) is 0. The Morgan fingerprint density at radius 2 is 2.13 bits per heavy atom. The first kappa shape index (κ1) is 16.9. The van der Waals surface area contributed by atoms with E-state index in [1.807, 2.05) is 0 Å². The van der Waals surface area contributed by atoms with Crippen molar-refractivity contribution in [1.82, 2.24) is 4.98 Å². The number of aryl methyl sites for hydroxylation is 1. The lowest BCUT2D eigenvalue weighted by Crippen LogP contribution is -2.36. The van der Waals surface area contributed by atoms with Crippen LogP contribution in [0, 0.1) is 22.2 Å². The first-order valence-corrected chi connectivity index (χ1v) is 7.04. The van der Waals surface area contributed by atoms with Gasteiger partial charge in [-0.1, -0.05) is 0 Å². The predicted octanol–water partition coefficient (Wildman–Crippen LogP) is 2.52. The fraction of sp³-hybridized carbons (Fsp3) is 0.333. The van der Waals surface area contributed by atoms with Gasteiger partial charge in [0.05, 0.1) is 11.3 Å². The number of nitrogens with zero attached hydrogens (tertiary/aromatic N) is 3. The maximum atomic E-state index is 12.6. The molecular weight excluding hydrogens is 339 g/mol. The Kier molecular flexibility index (Phi) is 4.68. The molecule has 0 radical (unpaired) electrons. The van der Waals surface area contributed by atoms with Crippen molar-refractivity contribution in [1.29, 1.82) is 0 Å². The Bertz CT molecular complexity index is 733. The van der Waals surface area contributed by atoms with Gasteiger partial charge in [0.2, 0.25) is 0 Å². The fourth-order valence-corrected chi connectivity index (χ4v) is 2.86. The Morgan fingerprint density at radius 3 is 2.70 bits per heavy atom. The van der Waals surface area contributed by atoms with E-state index in [-0.39, 0.29) is 23.3 Å². The second-order valence-electron chi connectivity index (χ2n) is 4.46. The minimum absolute atomic E-state index is 0.149. The monoisotopic (exact) mass is 349 g/mol. The summed E-state index contributed by atoms with van der Waals surface area (Å²) in [6.45, 7) is 1.51. The number of aromatic nitrogens is 2. The lowest BCUT2D eigenvalue weighted by atomic mass is 10.2. The van der Waals surface area contributed by atoms with Crippen molar-refractivity contribution < 1.29 is 27.8 Å². The van der Waals surface area contributed by atoms with Crippen molar-refractivity contribution in [2.24, 2.45) is 0 Å². The summed E-state index contributed by atoms with van der Waals surface area (Å²) in [6.07, 6.45) is -3.69. The molecule has 0 bridgehead atoms. The molecule has 0 saturated heterocycles. The second kappa shape index (κ2) is 6.36. The normalized spacial score (nSPS) is 11.5. The lowest BCUT2D eigenvalue weighted by Gasteiger charge is -2.07. The van der Waals surface area contributed by atoms with Gasteiger partial charge in [0.1, 0.15) is 11.6 Å². The van der Waals surface area contributed by atoms with Crippen LogP contribution in [-0.2, 0) is 17.4 Å². The second-order valence-corrected chi connectivity index (χ2v) is 5.54. The van der Waals surface area contributed by atoms with E-state index in [4.69, 9.17) is 0 Å². The highest BCUT2D eigenvalue weighted by molar-refractivity contribution is 7.15. The summed E-state index contributed by atoms with van der Waals surface area (Å²) >= 11 is 1.14. The van der Waals surface area contributed by atoms with Crippen LogP contribution in [-0.4, -0.2) is 16.7 Å². The number of alkyl halides is 3. The predicted molar refractivity (Wildman–Crippen MR) is 72.9 cm³/mol. The minimum atomic E-state index is -4.73. The molecule has 0 atom stereocenters. The number of halogens is 3. The molecule has 0 amide bonds. The van der Waals surface area contributed by atoms with E-state index < -0.39 is 17.0 Å². The highest BCUT2D eigenvalue weighted by atomic mass is 32.1. The van der Waals surface area contributed by atoms with Crippen molar-refractivity contribution in [3.05, 3.63) is 49.9 Å². The maximum absolute atomic E-state index is 12.6. The summed E-state index contributed by atoms with van der Waals surface area (Å²) in [6, 6.07) is 1.85. The van der Waals surface area contributed by atoms with Gasteiger partial charge in [-0.05, 0) is 13.0 Å². The quantitative estimate of drug-likeness (QED) is 0.358. The molecular formula is C12H10F3N3O4S. The van der Waals surface area contributed by atoms with Crippen LogP contribution >= 0.6 is 11.3 Å². The zero-order valence-electron chi connectivity index (χ0n) is 11.7. The first-order chi connectivity index (χ1) is 10.7. The lowest BCUT2D eigenvalue weighted by molar-refractivity contribution is -0.757. The third-order valence-corrected chi connectivity index (χ3v) is 4.14. The van der Waals surface area contributed by atoms with E-state index in [0.717, 1.165) is 23.6 Å². The third-order valence-electron chi connectivity index (χ3n) is 2.87. The molecule has 0 N–H and O–H groups in total. The smallest absolute Gasteiger partial charge is 0.478 e. The average molecular weight is 349 g/mol. The van der Waals surface area contributed by atoms with Gasteiger partial charge in [-0.2, -0.15) is 17.9 Å². The zero-order chi connectivity index (χ0) is 17.2. The summed E-state index contributed by atoms with van der Waals surface area (Å²) in [7, 11) is 0. The molecule has 0 aliphatic heterocycles. The average Bonchev–Trinajstić information content (AvgIpc) is 2.78. The molecule has 0 unspecified atom stereocenters. The summed E-state index contributed by atoms with van der Waals surface area (Å²) in [5, 5.41) is 21.0. The molecule has 2 heterocycles. The summed E-state index contributed by atoms with van der Waals surface area (Å²) in [5.41, 5.74) is -0.494. The topological polar surface area (TPSA) is 92.2 Å². The van der Waals surface area contributed by atoms with Crippen LogP contribution in [0.2, 0.25) is 0 Å². The van der Waals surface area contributed by atoms with E-state index in [9.17, 15) is 28.5 Å². The SMILES string of the molecule is Cc1nc(-c2ccc(C(F)(F)F)[n+]([O-])c2)sc1CCO[N+](=O)[O-]. The van der Waals surface area contributed by atoms with E-state index >= 15 is 0 Å². The number of hydrogen-bond acceptors (Lipinski definition) is 6. The van der Waals surface area contributed by atoms with Gasteiger partial charge in [0.25, 0.3) is 10.8 Å². The standard InChI is InChI=1S/C12H10F3N3O4S/c1-7-9(4-5-22-18(20)21)23-11(16-7)8-2-3-10(12(13,14)15)17(19)6-8/h2-3,6H,4-5H2,1H3. The molecule has 0 saturated carbocycles. The van der Waals surface area contributed by atoms with E-state index in [1.165, 1.54) is 0 Å². The molecule has 0 aromatic carbocycles. The Balaban J connectivity index is 2.23. The molecule has 2 aromatic heterocycles. The Morgan fingerprint density at radius 1 is 1.43 bits per heavy atom. The fourth-order valence-electron chi connectivity index (χ4n) is 1.82.